The highest BCUT2D eigenvalue weighted by molar-refractivity contribution is 5.72. The number of nitrogens with one attached hydrogen (secondary N) is 1. The zero-order valence-electron chi connectivity index (χ0n) is 11.3. The number of ether oxygens (including phenoxy) is 2. The van der Waals surface area contributed by atoms with Crippen LogP contribution in [0.4, 0.5) is 5.95 Å². The molecule has 0 saturated heterocycles. The van der Waals surface area contributed by atoms with Crippen LogP contribution < -0.4 is 14.8 Å². The van der Waals surface area contributed by atoms with Crippen LogP contribution in [0.2, 0.25) is 0 Å². The highest BCUT2D eigenvalue weighted by atomic mass is 16.7. The van der Waals surface area contributed by atoms with E-state index in [0.29, 0.717) is 17.2 Å². The molecule has 0 aliphatic carbocycles. The molecule has 2 heterocycles. The number of anilines is 1. The van der Waals surface area contributed by atoms with E-state index in [1.807, 2.05) is 31.2 Å². The number of hydrogen-bond donors (Lipinski definition) is 2. The average Bonchev–Trinajstić information content (AvgIpc) is 2.92. The smallest absolute Gasteiger partial charge is 0.322 e. The molecule has 0 unspecified atom stereocenters. The molecular weight excluding hydrogens is 274 g/mol. The van der Waals surface area contributed by atoms with E-state index < -0.39 is 5.97 Å². The Morgan fingerprint density at radius 2 is 2.10 bits per heavy atom. The Morgan fingerprint density at radius 1 is 1.29 bits per heavy atom. The van der Waals surface area contributed by atoms with Gasteiger partial charge in [0, 0.05) is 11.3 Å². The van der Waals surface area contributed by atoms with E-state index in [9.17, 15) is 4.79 Å². The Bertz CT molecular complexity index is 703. The Balaban J connectivity index is 1.92. The van der Waals surface area contributed by atoms with E-state index in [0.717, 1.165) is 11.3 Å². The molecule has 108 valence electrons. The molecule has 3 rings (SSSR count). The minimum Gasteiger partial charge on any atom is -0.480 e. The van der Waals surface area contributed by atoms with E-state index in [4.69, 9.17) is 14.6 Å². The van der Waals surface area contributed by atoms with Gasteiger partial charge in [0.1, 0.15) is 6.54 Å². The van der Waals surface area contributed by atoms with Gasteiger partial charge in [0.2, 0.25) is 12.7 Å². The van der Waals surface area contributed by atoms with Crippen molar-refractivity contribution in [3.05, 3.63) is 30.0 Å². The van der Waals surface area contributed by atoms with E-state index in [2.05, 4.69) is 15.3 Å². The van der Waals surface area contributed by atoms with E-state index in [1.54, 1.807) is 0 Å². The second-order valence-electron chi connectivity index (χ2n) is 4.53. The molecule has 0 spiro atoms. The fraction of sp³-hybridized carbons (Fsp3) is 0.214. The molecule has 1 aromatic heterocycles. The van der Waals surface area contributed by atoms with Crippen molar-refractivity contribution in [3.63, 3.8) is 0 Å². The number of aliphatic carboxylic acids is 1. The molecule has 2 N–H and O–H groups in total. The Labute approximate surface area is 120 Å². The van der Waals surface area contributed by atoms with Crippen LogP contribution in [0.3, 0.4) is 0 Å². The van der Waals surface area contributed by atoms with Crippen LogP contribution in [-0.2, 0) is 4.79 Å². The molecule has 0 atom stereocenters. The maximum atomic E-state index is 10.6. The zero-order valence-corrected chi connectivity index (χ0v) is 11.3. The molecule has 0 fully saturated rings. The van der Waals surface area contributed by atoms with Gasteiger partial charge in [0.25, 0.3) is 0 Å². The molecule has 1 aliphatic heterocycles. The van der Waals surface area contributed by atoms with Gasteiger partial charge in [-0.05, 0) is 31.2 Å². The van der Waals surface area contributed by atoms with E-state index in [1.165, 1.54) is 0 Å². The van der Waals surface area contributed by atoms with Crippen molar-refractivity contribution in [2.45, 2.75) is 6.92 Å². The van der Waals surface area contributed by atoms with Crippen LogP contribution in [0.1, 0.15) is 5.69 Å². The lowest BCUT2D eigenvalue weighted by molar-refractivity contribution is -0.134. The summed E-state index contributed by atoms with van der Waals surface area (Å²) >= 11 is 0. The average molecular weight is 287 g/mol. The van der Waals surface area contributed by atoms with Gasteiger partial charge in [0.05, 0.1) is 5.69 Å². The maximum Gasteiger partial charge on any atom is 0.322 e. The van der Waals surface area contributed by atoms with Crippen LogP contribution in [-0.4, -0.2) is 34.4 Å². The number of rotatable bonds is 4. The van der Waals surface area contributed by atoms with E-state index >= 15 is 0 Å². The standard InChI is InChI=1S/C14H13N3O4/c1-8-4-10(17-14(16-8)15-6-13(18)19)9-2-3-11-12(5-9)21-7-20-11/h2-5H,6-7H2,1H3,(H,18,19)(H,15,16,17). The number of carbonyl (C=O) groups is 1. The third-order valence-corrected chi connectivity index (χ3v) is 2.92. The van der Waals surface area contributed by atoms with Crippen molar-refractivity contribution in [2.75, 3.05) is 18.7 Å². The highest BCUT2D eigenvalue weighted by Crippen LogP contribution is 2.35. The van der Waals surface area contributed by atoms with Crippen LogP contribution in [0.15, 0.2) is 24.3 Å². The molecule has 1 aromatic carbocycles. The Kier molecular flexibility index (Phi) is 3.31. The van der Waals surface area contributed by atoms with Crippen molar-refractivity contribution < 1.29 is 19.4 Å². The van der Waals surface area contributed by atoms with Gasteiger partial charge in [0.15, 0.2) is 11.5 Å². The third-order valence-electron chi connectivity index (χ3n) is 2.92. The first-order valence-electron chi connectivity index (χ1n) is 6.33. The first kappa shape index (κ1) is 13.2. The number of carboxylic acid groups (broad SMARTS) is 1. The predicted molar refractivity (Wildman–Crippen MR) is 74.5 cm³/mol. The van der Waals surface area contributed by atoms with Gasteiger partial charge < -0.3 is 19.9 Å². The predicted octanol–water partition coefficient (Wildman–Crippen LogP) is 1.68. The van der Waals surface area contributed by atoms with Crippen LogP contribution >= 0.6 is 0 Å². The molecule has 7 heteroatoms. The van der Waals surface area contributed by atoms with Gasteiger partial charge >= 0.3 is 5.97 Å². The molecule has 2 aromatic rings. The van der Waals surface area contributed by atoms with Gasteiger partial charge in [-0.25, -0.2) is 9.97 Å². The summed E-state index contributed by atoms with van der Waals surface area (Å²) in [5, 5.41) is 11.4. The summed E-state index contributed by atoms with van der Waals surface area (Å²) in [5.74, 6) is 0.687. The van der Waals surface area contributed by atoms with Crippen molar-refractivity contribution in [1.29, 1.82) is 0 Å². The Hall–Kier alpha value is -2.83. The van der Waals surface area contributed by atoms with Crippen molar-refractivity contribution in [1.82, 2.24) is 9.97 Å². The second kappa shape index (κ2) is 5.28. The normalized spacial score (nSPS) is 12.2. The van der Waals surface area contributed by atoms with Crippen LogP contribution in [0.5, 0.6) is 11.5 Å². The third kappa shape index (κ3) is 2.86. The van der Waals surface area contributed by atoms with Crippen molar-refractivity contribution >= 4 is 11.9 Å². The summed E-state index contributed by atoms with van der Waals surface area (Å²) in [5.41, 5.74) is 2.28. The molecule has 7 nitrogen and oxygen atoms in total. The fourth-order valence-corrected chi connectivity index (χ4v) is 2.01. The lowest BCUT2D eigenvalue weighted by Gasteiger charge is -2.07. The van der Waals surface area contributed by atoms with Gasteiger partial charge in [-0.2, -0.15) is 0 Å². The first-order valence-corrected chi connectivity index (χ1v) is 6.33. The maximum absolute atomic E-state index is 10.6. The Morgan fingerprint density at radius 3 is 2.90 bits per heavy atom. The minimum absolute atomic E-state index is 0.215. The van der Waals surface area contributed by atoms with Gasteiger partial charge in [-0.15, -0.1) is 0 Å². The summed E-state index contributed by atoms with van der Waals surface area (Å²) in [7, 11) is 0. The van der Waals surface area contributed by atoms with Gasteiger partial charge in [-0.3, -0.25) is 4.79 Å². The topological polar surface area (TPSA) is 93.6 Å². The number of nitrogens with zero attached hydrogens (tertiary/aromatic N) is 2. The molecule has 0 radical (unpaired) electrons. The summed E-state index contributed by atoms with van der Waals surface area (Å²) < 4.78 is 10.6. The van der Waals surface area contributed by atoms with Crippen molar-refractivity contribution in [3.8, 4) is 22.8 Å². The zero-order chi connectivity index (χ0) is 14.8. The quantitative estimate of drug-likeness (QED) is 0.883. The van der Waals surface area contributed by atoms with Gasteiger partial charge in [-0.1, -0.05) is 0 Å². The number of aromatic nitrogens is 2. The molecule has 21 heavy (non-hydrogen) atoms. The molecule has 0 amide bonds. The number of benzene rings is 1. The fourth-order valence-electron chi connectivity index (χ4n) is 2.01. The lowest BCUT2D eigenvalue weighted by atomic mass is 10.1. The van der Waals surface area contributed by atoms with Crippen LogP contribution in [0, 0.1) is 6.92 Å². The summed E-state index contributed by atoms with van der Waals surface area (Å²) in [6.07, 6.45) is 0. The number of hydrogen-bond acceptors (Lipinski definition) is 6. The van der Waals surface area contributed by atoms with E-state index in [-0.39, 0.29) is 19.3 Å². The summed E-state index contributed by atoms with van der Waals surface area (Å²) in [4.78, 5) is 19.1. The largest absolute Gasteiger partial charge is 0.480 e. The number of fused-ring (bicyclic) bond motifs is 1. The molecule has 1 aliphatic rings. The SMILES string of the molecule is Cc1cc(-c2ccc3c(c2)OCO3)nc(NCC(=O)O)n1. The lowest BCUT2D eigenvalue weighted by Crippen LogP contribution is -2.14. The van der Waals surface area contributed by atoms with Crippen LogP contribution in [0.25, 0.3) is 11.3 Å². The number of carboxylic acids is 1. The monoisotopic (exact) mass is 287 g/mol. The second-order valence-corrected chi connectivity index (χ2v) is 4.53. The highest BCUT2D eigenvalue weighted by Gasteiger charge is 2.15. The minimum atomic E-state index is -0.968. The first-order chi connectivity index (χ1) is 10.1. The summed E-state index contributed by atoms with van der Waals surface area (Å²) in [6, 6.07) is 7.35. The summed E-state index contributed by atoms with van der Waals surface area (Å²) in [6.45, 7) is 1.81. The molecular formula is C14H13N3O4. The van der Waals surface area contributed by atoms with Crippen molar-refractivity contribution in [2.24, 2.45) is 0 Å². The molecule has 0 saturated carbocycles. The number of aryl methyl sites for hydroxylation is 1. The molecule has 0 bridgehead atoms.